The molecule has 1 rings (SSSR count). The van der Waals surface area contributed by atoms with Gasteiger partial charge in [-0.05, 0) is 0 Å². The molecule has 1 aromatic rings. The van der Waals surface area contributed by atoms with E-state index in [1.165, 1.54) is 0 Å². The molecule has 4 nitrogen and oxygen atoms in total. The van der Waals surface area contributed by atoms with Gasteiger partial charge in [0.05, 0.1) is 11.9 Å². The van der Waals surface area contributed by atoms with E-state index in [0.29, 0.717) is 13.2 Å². The van der Waals surface area contributed by atoms with Crippen molar-refractivity contribution in [2.75, 3.05) is 13.2 Å². The second-order valence-corrected chi connectivity index (χ2v) is 4.00. The first kappa shape index (κ1) is 10.1. The highest BCUT2D eigenvalue weighted by Gasteiger charge is 2.20. The Morgan fingerprint density at radius 2 is 2.23 bits per heavy atom. The van der Waals surface area contributed by atoms with Crippen LogP contribution < -0.4 is 10.5 Å². The molecule has 0 spiro atoms. The van der Waals surface area contributed by atoms with E-state index in [1.807, 2.05) is 0 Å². The Morgan fingerprint density at radius 1 is 1.54 bits per heavy atom. The number of H-pyrrole nitrogens is 1. The summed E-state index contributed by atoms with van der Waals surface area (Å²) in [6, 6.07) is 0. The molecule has 0 aromatic carbocycles. The summed E-state index contributed by atoms with van der Waals surface area (Å²) in [6.07, 6.45) is 1.69. The van der Waals surface area contributed by atoms with Crippen LogP contribution in [0.1, 0.15) is 26.5 Å². The van der Waals surface area contributed by atoms with Gasteiger partial charge in [-0.1, -0.05) is 20.8 Å². The lowest BCUT2D eigenvalue weighted by Crippen LogP contribution is -2.16. The van der Waals surface area contributed by atoms with E-state index in [4.69, 9.17) is 10.5 Å². The fraction of sp³-hybridized carbons (Fsp3) is 0.667. The molecule has 74 valence electrons. The zero-order chi connectivity index (χ0) is 9.90. The molecule has 0 bridgehead atoms. The maximum absolute atomic E-state index is 5.43. The third-order valence-corrected chi connectivity index (χ3v) is 1.73. The number of hydrogen-bond donors (Lipinski definition) is 2. The van der Waals surface area contributed by atoms with Gasteiger partial charge in [-0.2, -0.15) is 5.10 Å². The smallest absolute Gasteiger partial charge is 0.160 e. The summed E-state index contributed by atoms with van der Waals surface area (Å²) >= 11 is 0. The maximum Gasteiger partial charge on any atom is 0.160 e. The minimum absolute atomic E-state index is 0.0282. The first-order chi connectivity index (χ1) is 6.05. The van der Waals surface area contributed by atoms with E-state index in [9.17, 15) is 0 Å². The molecule has 0 atom stereocenters. The Hall–Kier alpha value is -1.03. The van der Waals surface area contributed by atoms with Gasteiger partial charge in [0.15, 0.2) is 5.75 Å². The van der Waals surface area contributed by atoms with Crippen LogP contribution in [0.3, 0.4) is 0 Å². The van der Waals surface area contributed by atoms with Gasteiger partial charge in [-0.25, -0.2) is 0 Å². The highest BCUT2D eigenvalue weighted by atomic mass is 16.5. The van der Waals surface area contributed by atoms with Crippen LogP contribution in [0.15, 0.2) is 6.20 Å². The maximum atomic E-state index is 5.43. The largest absolute Gasteiger partial charge is 0.489 e. The van der Waals surface area contributed by atoms with Crippen molar-refractivity contribution in [1.29, 1.82) is 0 Å². The third-order valence-electron chi connectivity index (χ3n) is 1.73. The van der Waals surface area contributed by atoms with Gasteiger partial charge in [0.1, 0.15) is 6.61 Å². The van der Waals surface area contributed by atoms with Crippen molar-refractivity contribution in [3.63, 3.8) is 0 Å². The minimum Gasteiger partial charge on any atom is -0.489 e. The second-order valence-electron chi connectivity index (χ2n) is 4.00. The summed E-state index contributed by atoms with van der Waals surface area (Å²) in [6.45, 7) is 7.37. The highest BCUT2D eigenvalue weighted by molar-refractivity contribution is 5.29. The first-order valence-electron chi connectivity index (χ1n) is 4.42. The van der Waals surface area contributed by atoms with E-state index in [2.05, 4.69) is 31.0 Å². The van der Waals surface area contributed by atoms with Crippen molar-refractivity contribution < 1.29 is 4.74 Å². The number of ether oxygens (including phenoxy) is 1. The van der Waals surface area contributed by atoms with Crippen LogP contribution in [0.5, 0.6) is 5.75 Å². The fourth-order valence-electron chi connectivity index (χ4n) is 1.09. The molecule has 1 heterocycles. The van der Waals surface area contributed by atoms with E-state index in [0.717, 1.165) is 11.4 Å². The highest BCUT2D eigenvalue weighted by Crippen LogP contribution is 2.28. The van der Waals surface area contributed by atoms with E-state index >= 15 is 0 Å². The predicted octanol–water partition coefficient (Wildman–Crippen LogP) is 1.04. The number of hydrogen-bond acceptors (Lipinski definition) is 3. The van der Waals surface area contributed by atoms with Gasteiger partial charge in [0.2, 0.25) is 0 Å². The van der Waals surface area contributed by atoms with E-state index < -0.39 is 0 Å². The van der Waals surface area contributed by atoms with Crippen LogP contribution in [-0.4, -0.2) is 23.3 Å². The molecule has 0 saturated carbocycles. The topological polar surface area (TPSA) is 63.9 Å². The predicted molar refractivity (Wildman–Crippen MR) is 51.8 cm³/mol. The lowest BCUT2D eigenvalue weighted by molar-refractivity contribution is 0.318. The number of aromatic nitrogens is 2. The zero-order valence-corrected chi connectivity index (χ0v) is 8.42. The van der Waals surface area contributed by atoms with E-state index in [1.54, 1.807) is 6.20 Å². The molecule has 4 heteroatoms. The van der Waals surface area contributed by atoms with Crippen molar-refractivity contribution in [2.45, 2.75) is 26.2 Å². The molecule has 13 heavy (non-hydrogen) atoms. The van der Waals surface area contributed by atoms with Gasteiger partial charge in [-0.3, -0.25) is 5.10 Å². The van der Waals surface area contributed by atoms with Gasteiger partial charge < -0.3 is 10.5 Å². The van der Waals surface area contributed by atoms with Crippen LogP contribution in [0.4, 0.5) is 0 Å². The Balaban J connectivity index is 2.77. The molecule has 0 fully saturated rings. The van der Waals surface area contributed by atoms with Gasteiger partial charge in [-0.15, -0.1) is 0 Å². The third kappa shape index (κ3) is 2.45. The summed E-state index contributed by atoms with van der Waals surface area (Å²) in [4.78, 5) is 0. The fourth-order valence-corrected chi connectivity index (χ4v) is 1.09. The Bertz CT molecular complexity index is 262. The first-order valence-corrected chi connectivity index (χ1v) is 4.42. The summed E-state index contributed by atoms with van der Waals surface area (Å²) in [7, 11) is 0. The summed E-state index contributed by atoms with van der Waals surface area (Å²) in [5, 5.41) is 6.89. The molecule has 1 aromatic heterocycles. The number of nitrogens with two attached hydrogens (primary N) is 1. The zero-order valence-electron chi connectivity index (χ0n) is 8.42. The Morgan fingerprint density at radius 3 is 2.77 bits per heavy atom. The van der Waals surface area contributed by atoms with Crippen LogP contribution >= 0.6 is 0 Å². The van der Waals surface area contributed by atoms with Crippen LogP contribution in [0.2, 0.25) is 0 Å². The molecule has 0 aliphatic rings. The molecule has 0 unspecified atom stereocenters. The quantitative estimate of drug-likeness (QED) is 0.736. The van der Waals surface area contributed by atoms with Gasteiger partial charge in [0.25, 0.3) is 0 Å². The van der Waals surface area contributed by atoms with E-state index in [-0.39, 0.29) is 5.41 Å². The lowest BCUT2D eigenvalue weighted by Gasteiger charge is -2.17. The lowest BCUT2D eigenvalue weighted by atomic mass is 9.92. The summed E-state index contributed by atoms with van der Waals surface area (Å²) in [5.74, 6) is 0.804. The van der Waals surface area contributed by atoms with Crippen molar-refractivity contribution >= 4 is 0 Å². The Kier molecular flexibility index (Phi) is 2.93. The van der Waals surface area contributed by atoms with Crippen molar-refractivity contribution in [3.05, 3.63) is 11.9 Å². The molecule has 0 radical (unpaired) electrons. The SMILES string of the molecule is CC(C)(C)c1[nH]ncc1OCCN. The van der Waals surface area contributed by atoms with Crippen molar-refractivity contribution in [3.8, 4) is 5.75 Å². The van der Waals surface area contributed by atoms with Crippen molar-refractivity contribution in [2.24, 2.45) is 5.73 Å². The molecule has 0 amide bonds. The average molecular weight is 183 g/mol. The summed E-state index contributed by atoms with van der Waals surface area (Å²) < 4.78 is 5.43. The average Bonchev–Trinajstić information content (AvgIpc) is 2.47. The van der Waals surface area contributed by atoms with Crippen LogP contribution in [0, 0.1) is 0 Å². The second kappa shape index (κ2) is 3.79. The molecule has 0 saturated heterocycles. The normalized spacial score (nSPS) is 11.7. The Labute approximate surface area is 78.5 Å². The molecule has 3 N–H and O–H groups in total. The van der Waals surface area contributed by atoms with Gasteiger partial charge in [0, 0.05) is 12.0 Å². The van der Waals surface area contributed by atoms with Crippen LogP contribution in [0.25, 0.3) is 0 Å². The number of nitrogens with one attached hydrogen (secondary N) is 1. The standard InChI is InChI=1S/C9H17N3O/c1-9(2,3)8-7(6-11-12-8)13-5-4-10/h6H,4-5,10H2,1-3H3,(H,11,12). The monoisotopic (exact) mass is 183 g/mol. The number of rotatable bonds is 3. The summed E-state index contributed by atoms with van der Waals surface area (Å²) in [5.41, 5.74) is 6.39. The van der Waals surface area contributed by atoms with Crippen molar-refractivity contribution in [1.82, 2.24) is 10.2 Å². The minimum atomic E-state index is 0.0282. The van der Waals surface area contributed by atoms with Crippen LogP contribution in [-0.2, 0) is 5.41 Å². The molecular weight excluding hydrogens is 166 g/mol. The molecular formula is C9H17N3O. The molecule has 0 aliphatic carbocycles. The number of aromatic amines is 1. The molecule has 0 aliphatic heterocycles. The van der Waals surface area contributed by atoms with Gasteiger partial charge >= 0.3 is 0 Å². The number of nitrogens with zero attached hydrogens (tertiary/aromatic N) is 1.